The van der Waals surface area contributed by atoms with Crippen LogP contribution in [0.5, 0.6) is 0 Å². The number of fused-ring (bicyclic) bond motifs is 4. The molecule has 5 nitrogen and oxygen atoms in total. The zero-order valence-corrected chi connectivity index (χ0v) is 15.6. The van der Waals surface area contributed by atoms with Crippen LogP contribution in [-0.4, -0.2) is 26.5 Å². The van der Waals surface area contributed by atoms with E-state index >= 15 is 0 Å². The largest absolute Gasteiger partial charge is 0.356 e. The van der Waals surface area contributed by atoms with Crippen LogP contribution in [0.15, 0.2) is 67.1 Å². The molecule has 1 aliphatic rings. The third-order valence-corrected chi connectivity index (χ3v) is 5.83. The van der Waals surface area contributed by atoms with Crippen molar-refractivity contribution in [3.05, 3.63) is 89.8 Å². The van der Waals surface area contributed by atoms with Crippen molar-refractivity contribution in [3.63, 3.8) is 0 Å². The van der Waals surface area contributed by atoms with Crippen molar-refractivity contribution >= 4 is 27.8 Å². The molecule has 0 saturated heterocycles. The van der Waals surface area contributed by atoms with Crippen LogP contribution in [-0.2, 0) is 6.42 Å². The Bertz CT molecular complexity index is 1330. The molecule has 2 aromatic carbocycles. The number of rotatable bonds is 2. The smallest absolute Gasteiger partial charge is 0.142 e. The Kier molecular flexibility index (Phi) is 3.47. The number of aromatic amines is 2. The lowest BCUT2D eigenvalue weighted by atomic mass is 9.92. The predicted molar refractivity (Wildman–Crippen MR) is 111 cm³/mol. The molecule has 6 rings (SSSR count). The Hall–Kier alpha value is -3.67. The van der Waals surface area contributed by atoms with Gasteiger partial charge in [0.2, 0.25) is 0 Å². The first-order chi connectivity index (χ1) is 14.3. The lowest BCUT2D eigenvalue weighted by Gasteiger charge is -2.37. The standard InChI is InChI=1S/C23H18FN5/c24-15-7-5-14(6-8-15)21-20-17(16-3-1-2-4-19(16)28-20)10-12-29(21)23-18-9-11-25-22(18)26-13-27-23/h1-9,11,13,21,28H,10,12H2,(H,25,26,27). The van der Waals surface area contributed by atoms with Gasteiger partial charge in [-0.05, 0) is 41.8 Å². The van der Waals surface area contributed by atoms with Crippen molar-refractivity contribution in [2.24, 2.45) is 0 Å². The van der Waals surface area contributed by atoms with E-state index in [-0.39, 0.29) is 11.9 Å². The second-order valence-corrected chi connectivity index (χ2v) is 7.40. The Morgan fingerprint density at radius 1 is 0.966 bits per heavy atom. The number of nitrogens with one attached hydrogen (secondary N) is 2. The highest BCUT2D eigenvalue weighted by molar-refractivity contribution is 5.89. The second-order valence-electron chi connectivity index (χ2n) is 7.40. The quantitative estimate of drug-likeness (QED) is 0.463. The van der Waals surface area contributed by atoms with Crippen molar-refractivity contribution in [1.82, 2.24) is 19.9 Å². The molecule has 0 radical (unpaired) electrons. The first-order valence-corrected chi connectivity index (χ1v) is 9.69. The summed E-state index contributed by atoms with van der Waals surface area (Å²) >= 11 is 0. The zero-order valence-electron chi connectivity index (χ0n) is 15.6. The maximum atomic E-state index is 13.7. The fourth-order valence-electron chi connectivity index (χ4n) is 4.55. The Balaban J connectivity index is 1.60. The van der Waals surface area contributed by atoms with Gasteiger partial charge in [0.15, 0.2) is 0 Å². The zero-order chi connectivity index (χ0) is 19.4. The minimum atomic E-state index is -0.233. The molecule has 1 aliphatic heterocycles. The molecule has 1 unspecified atom stereocenters. The van der Waals surface area contributed by atoms with E-state index in [4.69, 9.17) is 0 Å². The Morgan fingerprint density at radius 3 is 2.72 bits per heavy atom. The third-order valence-electron chi connectivity index (χ3n) is 5.83. The van der Waals surface area contributed by atoms with Crippen molar-refractivity contribution in [3.8, 4) is 0 Å². The molecule has 0 aliphatic carbocycles. The summed E-state index contributed by atoms with van der Waals surface area (Å²) in [4.78, 5) is 18.1. The molecule has 1 atom stereocenters. The van der Waals surface area contributed by atoms with Gasteiger partial charge in [-0.15, -0.1) is 0 Å². The van der Waals surface area contributed by atoms with Crippen LogP contribution >= 0.6 is 0 Å². The highest BCUT2D eigenvalue weighted by Crippen LogP contribution is 2.41. The summed E-state index contributed by atoms with van der Waals surface area (Å²) in [6.45, 7) is 0.814. The Morgan fingerprint density at radius 2 is 1.83 bits per heavy atom. The van der Waals surface area contributed by atoms with E-state index in [1.165, 1.54) is 23.1 Å². The van der Waals surface area contributed by atoms with Crippen LogP contribution in [0.4, 0.5) is 10.2 Å². The van der Waals surface area contributed by atoms with E-state index in [0.717, 1.165) is 46.6 Å². The van der Waals surface area contributed by atoms with Crippen LogP contribution in [0.1, 0.15) is 22.9 Å². The highest BCUT2D eigenvalue weighted by atomic mass is 19.1. The second kappa shape index (κ2) is 6.17. The molecular formula is C23H18FN5. The molecule has 142 valence electrons. The van der Waals surface area contributed by atoms with Crippen LogP contribution < -0.4 is 4.90 Å². The van der Waals surface area contributed by atoms with E-state index < -0.39 is 0 Å². The number of anilines is 1. The van der Waals surface area contributed by atoms with E-state index in [2.05, 4.69) is 43.0 Å². The van der Waals surface area contributed by atoms with Crippen LogP contribution in [0, 0.1) is 5.82 Å². The van der Waals surface area contributed by atoms with Crippen LogP contribution in [0.25, 0.3) is 21.9 Å². The van der Waals surface area contributed by atoms with Gasteiger partial charge in [-0.1, -0.05) is 30.3 Å². The molecular weight excluding hydrogens is 365 g/mol. The maximum Gasteiger partial charge on any atom is 0.142 e. The van der Waals surface area contributed by atoms with Crippen molar-refractivity contribution in [2.75, 3.05) is 11.4 Å². The van der Waals surface area contributed by atoms with Gasteiger partial charge in [-0.2, -0.15) is 0 Å². The normalized spacial score (nSPS) is 16.4. The lowest BCUT2D eigenvalue weighted by molar-refractivity contribution is 0.617. The summed E-state index contributed by atoms with van der Waals surface area (Å²) in [5, 5.41) is 2.24. The van der Waals surface area contributed by atoms with Crippen molar-refractivity contribution in [1.29, 1.82) is 0 Å². The monoisotopic (exact) mass is 383 g/mol. The van der Waals surface area contributed by atoms with Crippen molar-refractivity contribution < 1.29 is 4.39 Å². The van der Waals surface area contributed by atoms with Gasteiger partial charge in [-0.25, -0.2) is 14.4 Å². The number of H-pyrrole nitrogens is 2. The summed E-state index contributed by atoms with van der Waals surface area (Å²) in [5.74, 6) is 0.651. The molecule has 0 bridgehead atoms. The minimum Gasteiger partial charge on any atom is -0.356 e. The molecule has 3 aromatic heterocycles. The maximum absolute atomic E-state index is 13.7. The van der Waals surface area contributed by atoms with E-state index in [1.54, 1.807) is 6.33 Å². The summed E-state index contributed by atoms with van der Waals surface area (Å²) in [7, 11) is 0. The summed E-state index contributed by atoms with van der Waals surface area (Å²) in [6, 6.07) is 17.1. The van der Waals surface area contributed by atoms with Gasteiger partial charge in [0.05, 0.1) is 11.4 Å². The summed E-state index contributed by atoms with van der Waals surface area (Å²) in [5.41, 5.74) is 5.44. The first-order valence-electron chi connectivity index (χ1n) is 9.69. The van der Waals surface area contributed by atoms with Gasteiger partial charge in [0.1, 0.15) is 23.6 Å². The lowest BCUT2D eigenvalue weighted by Crippen LogP contribution is -2.36. The van der Waals surface area contributed by atoms with Gasteiger partial charge in [0, 0.05) is 29.3 Å². The third kappa shape index (κ3) is 2.45. The molecule has 0 amide bonds. The van der Waals surface area contributed by atoms with E-state index in [0.29, 0.717) is 0 Å². The molecule has 4 heterocycles. The number of hydrogen-bond acceptors (Lipinski definition) is 3. The SMILES string of the molecule is Fc1ccc(C2c3[nH]c4ccccc4c3CCN2c2ncnc3[nH]ccc23)cc1. The van der Waals surface area contributed by atoms with Gasteiger partial charge >= 0.3 is 0 Å². The Labute approximate surface area is 166 Å². The van der Waals surface area contributed by atoms with Crippen molar-refractivity contribution in [2.45, 2.75) is 12.5 Å². The summed E-state index contributed by atoms with van der Waals surface area (Å²) < 4.78 is 13.7. The molecule has 0 saturated carbocycles. The number of hydrogen-bond donors (Lipinski definition) is 2. The molecule has 6 heteroatoms. The van der Waals surface area contributed by atoms with E-state index in [9.17, 15) is 4.39 Å². The van der Waals surface area contributed by atoms with E-state index in [1.807, 2.05) is 30.5 Å². The number of aromatic nitrogens is 4. The molecule has 0 spiro atoms. The van der Waals surface area contributed by atoms with Crippen LogP contribution in [0.3, 0.4) is 0 Å². The van der Waals surface area contributed by atoms with Crippen LogP contribution in [0.2, 0.25) is 0 Å². The molecule has 5 aromatic rings. The topological polar surface area (TPSA) is 60.6 Å². The average Bonchev–Trinajstić information content (AvgIpc) is 3.38. The predicted octanol–water partition coefficient (Wildman–Crippen LogP) is 4.73. The molecule has 2 N–H and O–H groups in total. The highest BCUT2D eigenvalue weighted by Gasteiger charge is 2.33. The number of halogens is 1. The number of para-hydroxylation sites is 1. The molecule has 0 fully saturated rings. The minimum absolute atomic E-state index is 0.0836. The average molecular weight is 383 g/mol. The molecule has 29 heavy (non-hydrogen) atoms. The number of benzene rings is 2. The van der Waals surface area contributed by atoms with Gasteiger partial charge in [0.25, 0.3) is 0 Å². The fourth-order valence-corrected chi connectivity index (χ4v) is 4.55. The fraction of sp³-hybridized carbons (Fsp3) is 0.130. The van der Waals surface area contributed by atoms with Gasteiger partial charge < -0.3 is 14.9 Å². The first kappa shape index (κ1) is 16.3. The van der Waals surface area contributed by atoms with Gasteiger partial charge in [-0.3, -0.25) is 0 Å². The summed E-state index contributed by atoms with van der Waals surface area (Å²) in [6.07, 6.45) is 4.39. The number of nitrogens with zero attached hydrogens (tertiary/aromatic N) is 3.